The van der Waals surface area contributed by atoms with Crippen molar-refractivity contribution < 1.29 is 38.1 Å². The van der Waals surface area contributed by atoms with E-state index in [-0.39, 0.29) is 24.7 Å². The van der Waals surface area contributed by atoms with Gasteiger partial charge in [-0.15, -0.1) is 0 Å². The Morgan fingerprint density at radius 1 is 0.850 bits per heavy atom. The van der Waals surface area contributed by atoms with E-state index < -0.39 is 17.1 Å². The summed E-state index contributed by atoms with van der Waals surface area (Å²) < 4.78 is 22.2. The summed E-state index contributed by atoms with van der Waals surface area (Å²) in [4.78, 5) is 49.7. The standard InChI is InChI=1S/C29H26N2O8S/c1-36-24-14-19(8-10-22(24)38-12-13-39-23-11-9-20(18-32)15-25(23)37-2)16-26-28(34)31(29(35)40-26)17-27(33)30-21-6-4-3-5-7-21/h3-11,14-16,18H,12-13,17H2,1-2H3,(H,30,33)/b26-16-. The van der Waals surface area contributed by atoms with E-state index >= 15 is 0 Å². The minimum absolute atomic E-state index is 0.191. The molecule has 3 amide bonds. The first kappa shape index (κ1) is 28.2. The fraction of sp³-hybridized carbons (Fsp3) is 0.172. The molecule has 4 rings (SSSR count). The van der Waals surface area contributed by atoms with Crippen LogP contribution in [0.1, 0.15) is 15.9 Å². The average molecular weight is 563 g/mol. The van der Waals surface area contributed by atoms with Gasteiger partial charge in [-0.3, -0.25) is 24.1 Å². The SMILES string of the molecule is COc1cc(C=O)ccc1OCCOc1ccc(/C=C2\SC(=O)N(CC(=O)Nc3ccccc3)C2=O)cc1OC. The second-order valence-electron chi connectivity index (χ2n) is 8.32. The molecule has 1 fully saturated rings. The van der Waals surface area contributed by atoms with Crippen LogP contribution in [-0.2, 0) is 9.59 Å². The minimum atomic E-state index is -0.550. The van der Waals surface area contributed by atoms with Gasteiger partial charge < -0.3 is 24.3 Å². The number of benzene rings is 3. The van der Waals surface area contributed by atoms with Crippen molar-refractivity contribution in [2.24, 2.45) is 0 Å². The van der Waals surface area contributed by atoms with E-state index in [0.29, 0.717) is 39.8 Å². The van der Waals surface area contributed by atoms with E-state index in [1.54, 1.807) is 66.7 Å². The molecule has 3 aromatic rings. The van der Waals surface area contributed by atoms with E-state index in [1.165, 1.54) is 14.2 Å². The monoisotopic (exact) mass is 562 g/mol. The quantitative estimate of drug-likeness (QED) is 0.191. The number of anilines is 1. The number of carbonyl (C=O) groups is 4. The number of ether oxygens (including phenoxy) is 4. The number of hydrogen-bond donors (Lipinski definition) is 1. The van der Waals surface area contributed by atoms with Crippen molar-refractivity contribution in [1.82, 2.24) is 4.90 Å². The first-order valence-corrected chi connectivity index (χ1v) is 12.9. The molecule has 1 N–H and O–H groups in total. The van der Waals surface area contributed by atoms with E-state index in [1.807, 2.05) is 6.07 Å². The van der Waals surface area contributed by atoms with Crippen LogP contribution in [0.5, 0.6) is 23.0 Å². The van der Waals surface area contributed by atoms with E-state index in [0.717, 1.165) is 22.9 Å². The van der Waals surface area contributed by atoms with Gasteiger partial charge in [-0.1, -0.05) is 24.3 Å². The highest BCUT2D eigenvalue weighted by molar-refractivity contribution is 8.18. The van der Waals surface area contributed by atoms with E-state index in [4.69, 9.17) is 18.9 Å². The summed E-state index contributed by atoms with van der Waals surface area (Å²) in [5, 5.41) is 2.14. The van der Waals surface area contributed by atoms with Gasteiger partial charge in [0.25, 0.3) is 11.1 Å². The van der Waals surface area contributed by atoms with Crippen LogP contribution >= 0.6 is 11.8 Å². The summed E-state index contributed by atoms with van der Waals surface area (Å²) in [7, 11) is 2.98. The molecule has 0 bridgehead atoms. The second-order valence-corrected chi connectivity index (χ2v) is 9.31. The van der Waals surface area contributed by atoms with Crippen molar-refractivity contribution >= 4 is 46.9 Å². The summed E-state index contributed by atoms with van der Waals surface area (Å²) in [6.45, 7) is 0.00704. The van der Waals surface area contributed by atoms with Crippen LogP contribution in [0.25, 0.3) is 6.08 Å². The number of para-hydroxylation sites is 1. The summed E-state index contributed by atoms with van der Waals surface area (Å²) in [5.74, 6) is 0.767. The van der Waals surface area contributed by atoms with Gasteiger partial charge in [-0.25, -0.2) is 0 Å². The molecule has 40 heavy (non-hydrogen) atoms. The number of imide groups is 1. The zero-order chi connectivity index (χ0) is 28.5. The average Bonchev–Trinajstić information content (AvgIpc) is 3.23. The number of aldehydes is 1. The zero-order valence-electron chi connectivity index (χ0n) is 21.7. The van der Waals surface area contributed by atoms with E-state index in [2.05, 4.69) is 5.32 Å². The fourth-order valence-electron chi connectivity index (χ4n) is 3.73. The highest BCUT2D eigenvalue weighted by Crippen LogP contribution is 2.34. The summed E-state index contributed by atoms with van der Waals surface area (Å²) in [6.07, 6.45) is 2.28. The van der Waals surface area contributed by atoms with Crippen LogP contribution in [0.2, 0.25) is 0 Å². The molecule has 0 aliphatic carbocycles. The number of hydrogen-bond acceptors (Lipinski definition) is 9. The smallest absolute Gasteiger partial charge is 0.294 e. The molecule has 0 aromatic heterocycles. The maximum atomic E-state index is 12.8. The van der Waals surface area contributed by atoms with Crippen LogP contribution in [0, 0.1) is 0 Å². The topological polar surface area (TPSA) is 120 Å². The van der Waals surface area contributed by atoms with Crippen LogP contribution in [-0.4, -0.2) is 62.2 Å². The Balaban J connectivity index is 1.35. The fourth-order valence-corrected chi connectivity index (χ4v) is 4.56. The number of methoxy groups -OCH3 is 2. The molecule has 0 spiro atoms. The molecule has 1 aliphatic heterocycles. The molecule has 0 radical (unpaired) electrons. The lowest BCUT2D eigenvalue weighted by atomic mass is 10.2. The molecule has 206 valence electrons. The third-order valence-corrected chi connectivity index (χ3v) is 6.55. The third kappa shape index (κ3) is 7.00. The van der Waals surface area contributed by atoms with Gasteiger partial charge in [0.2, 0.25) is 5.91 Å². The minimum Gasteiger partial charge on any atom is -0.493 e. The van der Waals surface area contributed by atoms with Crippen molar-refractivity contribution in [1.29, 1.82) is 0 Å². The van der Waals surface area contributed by atoms with Gasteiger partial charge in [0.05, 0.1) is 19.1 Å². The third-order valence-electron chi connectivity index (χ3n) is 5.64. The molecule has 0 saturated carbocycles. The van der Waals surface area contributed by atoms with Crippen molar-refractivity contribution in [2.75, 3.05) is 39.3 Å². The van der Waals surface area contributed by atoms with E-state index in [9.17, 15) is 19.2 Å². The maximum Gasteiger partial charge on any atom is 0.294 e. The first-order valence-electron chi connectivity index (χ1n) is 12.1. The van der Waals surface area contributed by atoms with Crippen LogP contribution in [0.3, 0.4) is 0 Å². The Bertz CT molecular complexity index is 1440. The zero-order valence-corrected chi connectivity index (χ0v) is 22.6. The number of amides is 3. The summed E-state index contributed by atoms with van der Waals surface area (Å²) in [6, 6.07) is 18.7. The van der Waals surface area contributed by atoms with Gasteiger partial charge >= 0.3 is 0 Å². The highest BCUT2D eigenvalue weighted by Gasteiger charge is 2.36. The first-order chi connectivity index (χ1) is 19.4. The lowest BCUT2D eigenvalue weighted by Crippen LogP contribution is -2.36. The maximum absolute atomic E-state index is 12.8. The van der Waals surface area contributed by atoms with Crippen LogP contribution in [0.4, 0.5) is 10.5 Å². The Labute approximate surface area is 234 Å². The van der Waals surface area contributed by atoms with Gasteiger partial charge in [0.15, 0.2) is 23.0 Å². The molecule has 1 saturated heterocycles. The van der Waals surface area contributed by atoms with Gasteiger partial charge in [-0.2, -0.15) is 0 Å². The second kappa shape index (κ2) is 13.3. The molecular formula is C29H26N2O8S. The van der Waals surface area contributed by atoms with Gasteiger partial charge in [-0.05, 0) is 65.9 Å². The Kier molecular flexibility index (Phi) is 9.42. The number of nitrogens with zero attached hydrogens (tertiary/aromatic N) is 1. The van der Waals surface area contributed by atoms with Crippen LogP contribution < -0.4 is 24.3 Å². The summed E-state index contributed by atoms with van der Waals surface area (Å²) >= 11 is 0.763. The number of nitrogens with one attached hydrogen (secondary N) is 1. The Morgan fingerprint density at radius 2 is 1.45 bits per heavy atom. The van der Waals surface area contributed by atoms with Crippen molar-refractivity contribution in [3.05, 3.63) is 82.8 Å². The number of thioether (sulfide) groups is 1. The molecule has 3 aromatic carbocycles. The summed E-state index contributed by atoms with van der Waals surface area (Å²) in [5.41, 5.74) is 1.66. The molecular weight excluding hydrogens is 536 g/mol. The van der Waals surface area contributed by atoms with Crippen molar-refractivity contribution in [3.63, 3.8) is 0 Å². The lowest BCUT2D eigenvalue weighted by molar-refractivity contribution is -0.127. The predicted octanol–water partition coefficient (Wildman–Crippen LogP) is 4.65. The van der Waals surface area contributed by atoms with Crippen molar-refractivity contribution in [2.45, 2.75) is 0 Å². The molecule has 1 aliphatic rings. The number of carbonyl (C=O) groups excluding carboxylic acids is 4. The molecule has 0 unspecified atom stereocenters. The highest BCUT2D eigenvalue weighted by atomic mass is 32.2. The molecule has 0 atom stereocenters. The van der Waals surface area contributed by atoms with Gasteiger partial charge in [0.1, 0.15) is 26.0 Å². The molecule has 11 heteroatoms. The van der Waals surface area contributed by atoms with Crippen molar-refractivity contribution in [3.8, 4) is 23.0 Å². The molecule has 10 nitrogen and oxygen atoms in total. The van der Waals surface area contributed by atoms with Gasteiger partial charge in [0, 0.05) is 11.3 Å². The van der Waals surface area contributed by atoms with Crippen LogP contribution in [0.15, 0.2) is 71.6 Å². The lowest BCUT2D eigenvalue weighted by Gasteiger charge is -2.14. The molecule has 1 heterocycles. The number of rotatable bonds is 12. The Hall–Kier alpha value is -4.77. The largest absolute Gasteiger partial charge is 0.493 e. The predicted molar refractivity (Wildman–Crippen MR) is 150 cm³/mol. The Morgan fingerprint density at radius 3 is 2.05 bits per heavy atom. The normalized spacial score (nSPS) is 13.8.